The highest BCUT2D eigenvalue weighted by Gasteiger charge is 2.20. The first-order valence-electron chi connectivity index (χ1n) is 8.40. The van der Waals surface area contributed by atoms with Crippen LogP contribution in [0.5, 0.6) is 0 Å². The minimum Gasteiger partial charge on any atom is -0.382 e. The Morgan fingerprint density at radius 2 is 1.72 bits per heavy atom. The fourth-order valence-electron chi connectivity index (χ4n) is 2.95. The van der Waals surface area contributed by atoms with E-state index in [0.29, 0.717) is 19.6 Å². The molecule has 132 valence electrons. The number of rotatable bonds is 5. The standard InChI is InChI=1S/C19H21F2N3O/c20-15-6-7-18(17(21)14-15)22-9-8-19(25)24-12-10-23(11-13-24)16-4-2-1-3-5-16/h1-7,14,22H,8-13H2. The van der Waals surface area contributed by atoms with Crippen LogP contribution < -0.4 is 10.2 Å². The smallest absolute Gasteiger partial charge is 0.224 e. The van der Waals surface area contributed by atoms with E-state index in [-0.39, 0.29) is 18.0 Å². The van der Waals surface area contributed by atoms with E-state index in [9.17, 15) is 13.6 Å². The first-order valence-corrected chi connectivity index (χ1v) is 8.40. The van der Waals surface area contributed by atoms with Crippen LogP contribution in [0.4, 0.5) is 20.2 Å². The molecular formula is C19H21F2N3O. The Balaban J connectivity index is 1.43. The summed E-state index contributed by atoms with van der Waals surface area (Å²) in [7, 11) is 0. The zero-order valence-electron chi connectivity index (χ0n) is 13.9. The molecule has 25 heavy (non-hydrogen) atoms. The van der Waals surface area contributed by atoms with Crippen LogP contribution >= 0.6 is 0 Å². The van der Waals surface area contributed by atoms with Gasteiger partial charge in [-0.05, 0) is 24.3 Å². The molecule has 0 atom stereocenters. The maximum absolute atomic E-state index is 13.5. The molecule has 1 saturated heterocycles. The Hall–Kier alpha value is -2.63. The number of carbonyl (C=O) groups is 1. The Morgan fingerprint density at radius 1 is 1.00 bits per heavy atom. The van der Waals surface area contributed by atoms with E-state index in [2.05, 4.69) is 22.3 Å². The topological polar surface area (TPSA) is 35.6 Å². The highest BCUT2D eigenvalue weighted by Crippen LogP contribution is 2.17. The maximum Gasteiger partial charge on any atom is 0.224 e. The molecule has 1 N–H and O–H groups in total. The molecule has 0 bridgehead atoms. The third kappa shape index (κ3) is 4.47. The van der Waals surface area contributed by atoms with Crippen molar-refractivity contribution in [3.05, 3.63) is 60.2 Å². The van der Waals surface area contributed by atoms with Gasteiger partial charge in [0.25, 0.3) is 0 Å². The van der Waals surface area contributed by atoms with E-state index in [1.165, 1.54) is 17.8 Å². The third-order valence-corrected chi connectivity index (χ3v) is 4.34. The van der Waals surface area contributed by atoms with Crippen LogP contribution in [0.15, 0.2) is 48.5 Å². The molecule has 0 aliphatic carbocycles. The predicted octanol–water partition coefficient (Wildman–Crippen LogP) is 3.12. The molecule has 0 saturated carbocycles. The molecule has 2 aromatic carbocycles. The van der Waals surface area contributed by atoms with Crippen LogP contribution in [-0.4, -0.2) is 43.5 Å². The zero-order valence-corrected chi connectivity index (χ0v) is 13.9. The van der Waals surface area contributed by atoms with Crippen LogP contribution in [-0.2, 0) is 4.79 Å². The zero-order chi connectivity index (χ0) is 17.6. The molecule has 0 radical (unpaired) electrons. The summed E-state index contributed by atoms with van der Waals surface area (Å²) in [6.07, 6.45) is 0.280. The summed E-state index contributed by atoms with van der Waals surface area (Å²) in [6.45, 7) is 3.28. The van der Waals surface area contributed by atoms with Crippen molar-refractivity contribution in [2.45, 2.75) is 6.42 Å². The number of carbonyl (C=O) groups excluding carboxylic acids is 1. The number of nitrogens with one attached hydrogen (secondary N) is 1. The van der Waals surface area contributed by atoms with Crippen LogP contribution in [0.2, 0.25) is 0 Å². The summed E-state index contributed by atoms with van der Waals surface area (Å²) < 4.78 is 26.4. The van der Waals surface area contributed by atoms with Crippen molar-refractivity contribution in [2.75, 3.05) is 42.9 Å². The number of hydrogen-bond donors (Lipinski definition) is 1. The monoisotopic (exact) mass is 345 g/mol. The molecular weight excluding hydrogens is 324 g/mol. The fraction of sp³-hybridized carbons (Fsp3) is 0.316. The van der Waals surface area contributed by atoms with Crippen LogP contribution in [0.3, 0.4) is 0 Å². The van der Waals surface area contributed by atoms with Crippen molar-refractivity contribution in [3.8, 4) is 0 Å². The number of para-hydroxylation sites is 1. The molecule has 0 unspecified atom stereocenters. The van der Waals surface area contributed by atoms with Gasteiger partial charge in [0.2, 0.25) is 5.91 Å². The third-order valence-electron chi connectivity index (χ3n) is 4.34. The van der Waals surface area contributed by atoms with Crippen molar-refractivity contribution in [3.63, 3.8) is 0 Å². The summed E-state index contributed by atoms with van der Waals surface area (Å²) in [5, 5.41) is 2.85. The van der Waals surface area contributed by atoms with Gasteiger partial charge in [-0.1, -0.05) is 18.2 Å². The number of amides is 1. The van der Waals surface area contributed by atoms with Crippen molar-refractivity contribution >= 4 is 17.3 Å². The quantitative estimate of drug-likeness (QED) is 0.904. The molecule has 4 nitrogen and oxygen atoms in total. The molecule has 1 heterocycles. The molecule has 0 aromatic heterocycles. The average Bonchev–Trinajstić information content (AvgIpc) is 2.64. The average molecular weight is 345 g/mol. The highest BCUT2D eigenvalue weighted by molar-refractivity contribution is 5.77. The summed E-state index contributed by atoms with van der Waals surface area (Å²) >= 11 is 0. The van der Waals surface area contributed by atoms with Crippen LogP contribution in [0.1, 0.15) is 6.42 Å². The number of piperazine rings is 1. The van der Waals surface area contributed by atoms with Gasteiger partial charge in [-0.3, -0.25) is 4.79 Å². The molecule has 0 spiro atoms. The predicted molar refractivity (Wildman–Crippen MR) is 94.7 cm³/mol. The summed E-state index contributed by atoms with van der Waals surface area (Å²) in [6, 6.07) is 13.5. The molecule has 1 fully saturated rings. The lowest BCUT2D eigenvalue weighted by Gasteiger charge is -2.36. The number of benzene rings is 2. The van der Waals surface area contributed by atoms with Crippen molar-refractivity contribution in [1.82, 2.24) is 4.90 Å². The minimum absolute atomic E-state index is 0.0442. The van der Waals surface area contributed by atoms with Gasteiger partial charge in [0, 0.05) is 50.9 Å². The molecule has 1 aliphatic heterocycles. The Morgan fingerprint density at radius 3 is 2.40 bits per heavy atom. The molecule has 6 heteroatoms. The van der Waals surface area contributed by atoms with Crippen LogP contribution in [0.25, 0.3) is 0 Å². The van der Waals surface area contributed by atoms with Gasteiger partial charge in [0.1, 0.15) is 11.6 Å². The van der Waals surface area contributed by atoms with Crippen molar-refractivity contribution < 1.29 is 13.6 Å². The number of nitrogens with zero attached hydrogens (tertiary/aromatic N) is 2. The summed E-state index contributed by atoms with van der Waals surface area (Å²) in [5.74, 6) is -1.22. The van der Waals surface area contributed by atoms with E-state index in [4.69, 9.17) is 0 Å². The van der Waals surface area contributed by atoms with Crippen molar-refractivity contribution in [2.24, 2.45) is 0 Å². The first kappa shape index (κ1) is 17.2. The highest BCUT2D eigenvalue weighted by atomic mass is 19.1. The lowest BCUT2D eigenvalue weighted by atomic mass is 10.2. The van der Waals surface area contributed by atoms with E-state index >= 15 is 0 Å². The second-order valence-electron chi connectivity index (χ2n) is 6.00. The SMILES string of the molecule is O=C(CCNc1ccc(F)cc1F)N1CCN(c2ccccc2)CC1. The Labute approximate surface area is 146 Å². The van der Waals surface area contributed by atoms with Gasteiger partial charge >= 0.3 is 0 Å². The van der Waals surface area contributed by atoms with Gasteiger partial charge < -0.3 is 15.1 Å². The summed E-state index contributed by atoms with van der Waals surface area (Å²) in [5.41, 5.74) is 1.38. The fourth-order valence-corrected chi connectivity index (χ4v) is 2.95. The number of halogens is 2. The van der Waals surface area contributed by atoms with E-state index in [1.54, 1.807) is 0 Å². The van der Waals surface area contributed by atoms with Crippen LogP contribution in [0, 0.1) is 11.6 Å². The lowest BCUT2D eigenvalue weighted by Crippen LogP contribution is -2.49. The second kappa shape index (κ2) is 7.96. The molecule has 3 rings (SSSR count). The normalized spacial score (nSPS) is 14.5. The summed E-state index contributed by atoms with van der Waals surface area (Å²) in [4.78, 5) is 16.4. The van der Waals surface area contributed by atoms with E-state index in [1.807, 2.05) is 23.1 Å². The lowest BCUT2D eigenvalue weighted by molar-refractivity contribution is -0.131. The minimum atomic E-state index is -0.649. The molecule has 2 aromatic rings. The second-order valence-corrected chi connectivity index (χ2v) is 6.00. The molecule has 1 amide bonds. The van der Waals surface area contributed by atoms with E-state index in [0.717, 1.165) is 19.2 Å². The maximum atomic E-state index is 13.5. The first-order chi connectivity index (χ1) is 12.1. The van der Waals surface area contributed by atoms with Gasteiger partial charge in [-0.2, -0.15) is 0 Å². The Kier molecular flexibility index (Phi) is 5.48. The Bertz CT molecular complexity index is 716. The van der Waals surface area contributed by atoms with E-state index < -0.39 is 11.6 Å². The van der Waals surface area contributed by atoms with Gasteiger partial charge in [0.15, 0.2) is 0 Å². The molecule has 1 aliphatic rings. The van der Waals surface area contributed by atoms with Gasteiger partial charge in [0.05, 0.1) is 5.69 Å². The van der Waals surface area contributed by atoms with Crippen molar-refractivity contribution in [1.29, 1.82) is 0 Å². The van der Waals surface area contributed by atoms with Gasteiger partial charge in [-0.25, -0.2) is 8.78 Å². The number of hydrogen-bond acceptors (Lipinski definition) is 3. The largest absolute Gasteiger partial charge is 0.382 e. The number of anilines is 2. The van der Waals surface area contributed by atoms with Gasteiger partial charge in [-0.15, -0.1) is 0 Å².